The molecule has 0 aliphatic carbocycles. The van der Waals surface area contributed by atoms with E-state index in [0.29, 0.717) is 10.0 Å². The summed E-state index contributed by atoms with van der Waals surface area (Å²) in [6.07, 6.45) is 1.26. The highest BCUT2D eigenvalue weighted by molar-refractivity contribution is 9.10. The summed E-state index contributed by atoms with van der Waals surface area (Å²) in [4.78, 5) is 23.4. The summed E-state index contributed by atoms with van der Waals surface area (Å²) >= 11 is 3.24. The van der Waals surface area contributed by atoms with Crippen molar-refractivity contribution in [1.82, 2.24) is 0 Å². The average molecular weight is 309 g/mol. The van der Waals surface area contributed by atoms with Gasteiger partial charge in [-0.15, -0.1) is 0 Å². The fourth-order valence-electron chi connectivity index (χ4n) is 1.40. The SMILES string of the molecule is Cc1occc(=O)c1OC(=O)c1ccccc1Br. The molecule has 4 nitrogen and oxygen atoms in total. The molecule has 2 aromatic rings. The Bertz CT molecular complexity index is 645. The number of hydrogen-bond donors (Lipinski definition) is 0. The zero-order valence-electron chi connectivity index (χ0n) is 9.48. The third kappa shape index (κ3) is 2.51. The highest BCUT2D eigenvalue weighted by Gasteiger charge is 2.16. The summed E-state index contributed by atoms with van der Waals surface area (Å²) in [6.45, 7) is 1.56. The van der Waals surface area contributed by atoms with Crippen LogP contribution in [0.4, 0.5) is 0 Å². The van der Waals surface area contributed by atoms with E-state index in [2.05, 4.69) is 15.9 Å². The van der Waals surface area contributed by atoms with Gasteiger partial charge in [-0.25, -0.2) is 4.79 Å². The summed E-state index contributed by atoms with van der Waals surface area (Å²) in [6, 6.07) is 8.02. The molecule has 92 valence electrons. The van der Waals surface area contributed by atoms with Gasteiger partial charge < -0.3 is 9.15 Å². The van der Waals surface area contributed by atoms with Crippen LogP contribution in [-0.4, -0.2) is 5.97 Å². The van der Waals surface area contributed by atoms with Crippen molar-refractivity contribution in [2.24, 2.45) is 0 Å². The molecule has 0 aliphatic rings. The Morgan fingerprint density at radius 1 is 1.28 bits per heavy atom. The summed E-state index contributed by atoms with van der Waals surface area (Å²) in [5.41, 5.74) is -0.0423. The zero-order valence-corrected chi connectivity index (χ0v) is 11.1. The Morgan fingerprint density at radius 2 is 2.00 bits per heavy atom. The summed E-state index contributed by atoms with van der Waals surface area (Å²) < 4.78 is 10.7. The second kappa shape index (κ2) is 5.18. The van der Waals surface area contributed by atoms with Crippen molar-refractivity contribution in [2.75, 3.05) is 0 Å². The molecule has 0 bridgehead atoms. The van der Waals surface area contributed by atoms with Gasteiger partial charge in [-0.05, 0) is 35.0 Å². The van der Waals surface area contributed by atoms with Crippen LogP contribution < -0.4 is 10.2 Å². The van der Waals surface area contributed by atoms with Gasteiger partial charge in [-0.2, -0.15) is 0 Å². The largest absolute Gasteiger partial charge is 0.465 e. The van der Waals surface area contributed by atoms with Crippen LogP contribution in [0.25, 0.3) is 0 Å². The van der Waals surface area contributed by atoms with Gasteiger partial charge in [0.25, 0.3) is 0 Å². The molecule has 0 N–H and O–H groups in total. The first-order chi connectivity index (χ1) is 8.59. The first-order valence-corrected chi connectivity index (χ1v) is 5.94. The van der Waals surface area contributed by atoms with Crippen molar-refractivity contribution in [1.29, 1.82) is 0 Å². The number of rotatable bonds is 2. The lowest BCUT2D eigenvalue weighted by atomic mass is 10.2. The van der Waals surface area contributed by atoms with Gasteiger partial charge in [0.15, 0.2) is 0 Å². The third-order valence-electron chi connectivity index (χ3n) is 2.30. The molecule has 1 aromatic heterocycles. The zero-order chi connectivity index (χ0) is 13.1. The molecule has 0 fully saturated rings. The van der Waals surface area contributed by atoms with E-state index >= 15 is 0 Å². The molecule has 0 saturated carbocycles. The average Bonchev–Trinajstić information content (AvgIpc) is 2.34. The monoisotopic (exact) mass is 308 g/mol. The molecule has 0 amide bonds. The quantitative estimate of drug-likeness (QED) is 0.800. The predicted octanol–water partition coefficient (Wildman–Crippen LogP) is 2.93. The van der Waals surface area contributed by atoms with E-state index in [1.54, 1.807) is 31.2 Å². The lowest BCUT2D eigenvalue weighted by molar-refractivity contribution is 0.0726. The minimum absolute atomic E-state index is 0.0850. The standard InChI is InChI=1S/C13H9BrO4/c1-8-12(11(15)6-7-17-8)18-13(16)9-4-2-3-5-10(9)14/h2-7H,1H3. The smallest absolute Gasteiger partial charge is 0.344 e. The minimum atomic E-state index is -0.607. The van der Waals surface area contributed by atoms with Crippen molar-refractivity contribution in [2.45, 2.75) is 6.92 Å². The molecule has 0 atom stereocenters. The number of halogens is 1. The first kappa shape index (κ1) is 12.6. The van der Waals surface area contributed by atoms with E-state index in [9.17, 15) is 9.59 Å². The Morgan fingerprint density at radius 3 is 2.67 bits per heavy atom. The van der Waals surface area contributed by atoms with Crippen LogP contribution in [-0.2, 0) is 0 Å². The first-order valence-electron chi connectivity index (χ1n) is 5.14. The summed E-state index contributed by atoms with van der Waals surface area (Å²) in [5, 5.41) is 0. The van der Waals surface area contributed by atoms with Gasteiger partial charge in [0, 0.05) is 10.5 Å². The molecule has 1 heterocycles. The van der Waals surface area contributed by atoms with Crippen molar-refractivity contribution < 1.29 is 13.9 Å². The Hall–Kier alpha value is -1.88. The van der Waals surface area contributed by atoms with Gasteiger partial charge in [-0.1, -0.05) is 12.1 Å². The van der Waals surface area contributed by atoms with Crippen molar-refractivity contribution in [3.8, 4) is 5.75 Å². The van der Waals surface area contributed by atoms with Gasteiger partial charge in [0.05, 0.1) is 11.8 Å². The van der Waals surface area contributed by atoms with Gasteiger partial charge in [0.1, 0.15) is 5.76 Å². The number of hydrogen-bond acceptors (Lipinski definition) is 4. The molecule has 5 heteroatoms. The van der Waals surface area contributed by atoms with Crippen molar-refractivity contribution in [3.05, 3.63) is 62.6 Å². The number of carbonyl (C=O) groups excluding carboxylic acids is 1. The number of esters is 1. The number of ether oxygens (including phenoxy) is 1. The Labute approximate surface area is 111 Å². The maximum atomic E-state index is 11.9. The molecule has 1 aromatic carbocycles. The van der Waals surface area contributed by atoms with Crippen LogP contribution in [0.2, 0.25) is 0 Å². The maximum absolute atomic E-state index is 11.9. The minimum Gasteiger partial charge on any atom is -0.465 e. The van der Waals surface area contributed by atoms with E-state index in [0.717, 1.165) is 0 Å². The van der Waals surface area contributed by atoms with E-state index in [4.69, 9.17) is 9.15 Å². The fourth-order valence-corrected chi connectivity index (χ4v) is 1.84. The van der Waals surface area contributed by atoms with Crippen LogP contribution in [0.1, 0.15) is 16.1 Å². The molecular formula is C13H9BrO4. The van der Waals surface area contributed by atoms with Crippen LogP contribution in [0.15, 0.2) is 50.3 Å². The Balaban J connectivity index is 2.33. The van der Waals surface area contributed by atoms with Crippen LogP contribution >= 0.6 is 15.9 Å². The van der Waals surface area contributed by atoms with Gasteiger partial charge >= 0.3 is 5.97 Å². The second-order valence-corrected chi connectivity index (χ2v) is 4.39. The van der Waals surface area contributed by atoms with E-state index in [-0.39, 0.29) is 16.9 Å². The highest BCUT2D eigenvalue weighted by atomic mass is 79.9. The highest BCUT2D eigenvalue weighted by Crippen LogP contribution is 2.19. The lowest BCUT2D eigenvalue weighted by Crippen LogP contribution is -2.15. The molecule has 0 spiro atoms. The van der Waals surface area contributed by atoms with Gasteiger partial charge in [0.2, 0.25) is 11.2 Å². The van der Waals surface area contributed by atoms with E-state index in [1.807, 2.05) is 0 Å². The van der Waals surface area contributed by atoms with Gasteiger partial charge in [-0.3, -0.25) is 4.79 Å². The molecule has 2 rings (SSSR count). The molecule has 0 aliphatic heterocycles. The Kier molecular flexibility index (Phi) is 3.62. The normalized spacial score (nSPS) is 10.1. The maximum Gasteiger partial charge on any atom is 0.344 e. The fraction of sp³-hybridized carbons (Fsp3) is 0.0769. The van der Waals surface area contributed by atoms with Crippen LogP contribution in [0, 0.1) is 6.92 Å². The summed E-state index contributed by atoms with van der Waals surface area (Å²) in [5.74, 6) is -0.426. The molecule has 0 saturated heterocycles. The lowest BCUT2D eigenvalue weighted by Gasteiger charge is -2.06. The number of carbonyl (C=O) groups is 1. The molecule has 18 heavy (non-hydrogen) atoms. The van der Waals surface area contributed by atoms with Crippen LogP contribution in [0.5, 0.6) is 5.75 Å². The summed E-state index contributed by atoms with van der Waals surface area (Å²) in [7, 11) is 0. The third-order valence-corrected chi connectivity index (χ3v) is 2.99. The molecule has 0 unspecified atom stereocenters. The molecular weight excluding hydrogens is 300 g/mol. The predicted molar refractivity (Wildman–Crippen MR) is 68.8 cm³/mol. The number of benzene rings is 1. The topological polar surface area (TPSA) is 56.5 Å². The second-order valence-electron chi connectivity index (χ2n) is 3.54. The number of aryl methyl sites for hydroxylation is 1. The molecule has 0 radical (unpaired) electrons. The van der Waals surface area contributed by atoms with Crippen molar-refractivity contribution in [3.63, 3.8) is 0 Å². The van der Waals surface area contributed by atoms with E-state index < -0.39 is 5.97 Å². The van der Waals surface area contributed by atoms with Crippen molar-refractivity contribution >= 4 is 21.9 Å². The van der Waals surface area contributed by atoms with Crippen LogP contribution in [0.3, 0.4) is 0 Å². The van der Waals surface area contributed by atoms with E-state index in [1.165, 1.54) is 12.3 Å².